The Kier molecular flexibility index (Phi) is 3.67. The molecule has 0 aliphatic heterocycles. The van der Waals surface area contributed by atoms with Gasteiger partial charge in [0.2, 0.25) is 0 Å². The first kappa shape index (κ1) is 10.8. The van der Waals surface area contributed by atoms with Gasteiger partial charge < -0.3 is 5.11 Å². The van der Waals surface area contributed by atoms with E-state index in [9.17, 15) is 0 Å². The van der Waals surface area contributed by atoms with E-state index in [1.165, 1.54) is 5.56 Å². The van der Waals surface area contributed by atoms with Crippen LogP contribution in [0.5, 0.6) is 0 Å². The Labute approximate surface area is 95.6 Å². The Morgan fingerprint density at radius 3 is 2.44 bits per heavy atom. The van der Waals surface area contributed by atoms with Gasteiger partial charge in [0.1, 0.15) is 0 Å². The van der Waals surface area contributed by atoms with Crippen LogP contribution in [0.15, 0.2) is 48.7 Å². The zero-order chi connectivity index (χ0) is 11.2. The molecule has 2 nitrogen and oxygen atoms in total. The molecule has 0 bridgehead atoms. The third kappa shape index (κ3) is 2.67. The third-order valence-corrected chi connectivity index (χ3v) is 2.54. The van der Waals surface area contributed by atoms with E-state index in [-0.39, 0.29) is 6.61 Å². The molecule has 0 saturated heterocycles. The van der Waals surface area contributed by atoms with E-state index >= 15 is 0 Å². The summed E-state index contributed by atoms with van der Waals surface area (Å²) >= 11 is 0. The van der Waals surface area contributed by atoms with E-state index in [1.54, 1.807) is 6.20 Å². The fourth-order valence-corrected chi connectivity index (χ4v) is 1.66. The van der Waals surface area contributed by atoms with Crippen LogP contribution in [0.25, 0.3) is 11.3 Å². The van der Waals surface area contributed by atoms with E-state index in [0.29, 0.717) is 0 Å². The van der Waals surface area contributed by atoms with E-state index in [0.717, 1.165) is 24.1 Å². The second kappa shape index (κ2) is 5.42. The summed E-state index contributed by atoms with van der Waals surface area (Å²) in [5.41, 5.74) is 3.39. The van der Waals surface area contributed by atoms with Crippen LogP contribution in [-0.4, -0.2) is 16.7 Å². The number of hydrogen-bond donors (Lipinski definition) is 1. The number of rotatable bonds is 4. The predicted molar refractivity (Wildman–Crippen MR) is 65.1 cm³/mol. The van der Waals surface area contributed by atoms with Crippen LogP contribution in [0.1, 0.15) is 12.0 Å². The van der Waals surface area contributed by atoms with Gasteiger partial charge in [-0.1, -0.05) is 30.3 Å². The number of benzene rings is 1. The zero-order valence-electron chi connectivity index (χ0n) is 9.13. The van der Waals surface area contributed by atoms with Crippen molar-refractivity contribution in [2.75, 3.05) is 6.61 Å². The summed E-state index contributed by atoms with van der Waals surface area (Å²) in [5.74, 6) is 0. The highest BCUT2D eigenvalue weighted by Gasteiger charge is 1.98. The van der Waals surface area contributed by atoms with Crippen molar-refractivity contribution in [1.29, 1.82) is 0 Å². The monoisotopic (exact) mass is 213 g/mol. The minimum atomic E-state index is 0.252. The van der Waals surface area contributed by atoms with Gasteiger partial charge in [0.15, 0.2) is 0 Å². The molecular formula is C14H15NO. The Hall–Kier alpha value is -1.67. The molecule has 0 radical (unpaired) electrons. The maximum Gasteiger partial charge on any atom is 0.0701 e. The Morgan fingerprint density at radius 1 is 1.00 bits per heavy atom. The molecule has 1 aromatic carbocycles. The van der Waals surface area contributed by atoms with Gasteiger partial charge in [0.05, 0.1) is 5.69 Å². The van der Waals surface area contributed by atoms with Gasteiger partial charge in [-0.15, -0.1) is 0 Å². The van der Waals surface area contributed by atoms with E-state index < -0.39 is 0 Å². The van der Waals surface area contributed by atoms with Crippen LogP contribution >= 0.6 is 0 Å². The Balaban J connectivity index is 2.13. The number of nitrogens with zero attached hydrogens (tertiary/aromatic N) is 1. The highest BCUT2D eigenvalue weighted by Crippen LogP contribution is 2.17. The lowest BCUT2D eigenvalue weighted by Crippen LogP contribution is -1.89. The summed E-state index contributed by atoms with van der Waals surface area (Å²) in [7, 11) is 0. The van der Waals surface area contributed by atoms with E-state index in [4.69, 9.17) is 5.11 Å². The highest BCUT2D eigenvalue weighted by molar-refractivity contribution is 5.58. The van der Waals surface area contributed by atoms with Crippen LogP contribution in [0, 0.1) is 0 Å². The third-order valence-electron chi connectivity index (χ3n) is 2.54. The lowest BCUT2D eigenvalue weighted by Gasteiger charge is -2.03. The highest BCUT2D eigenvalue weighted by atomic mass is 16.2. The largest absolute Gasteiger partial charge is 0.396 e. The van der Waals surface area contributed by atoms with Crippen molar-refractivity contribution < 1.29 is 5.11 Å². The van der Waals surface area contributed by atoms with Gasteiger partial charge in [-0.3, -0.25) is 4.98 Å². The normalized spacial score (nSPS) is 10.3. The molecule has 0 fully saturated rings. The Morgan fingerprint density at radius 2 is 1.81 bits per heavy atom. The molecule has 0 aliphatic carbocycles. The van der Waals surface area contributed by atoms with Crippen LogP contribution in [0.2, 0.25) is 0 Å². The molecule has 1 aromatic heterocycles. The van der Waals surface area contributed by atoms with Crippen molar-refractivity contribution in [3.8, 4) is 11.3 Å². The first-order valence-corrected chi connectivity index (χ1v) is 5.51. The van der Waals surface area contributed by atoms with Gasteiger partial charge in [0.25, 0.3) is 0 Å². The number of hydrogen-bond acceptors (Lipinski definition) is 2. The fraction of sp³-hybridized carbons (Fsp3) is 0.214. The number of pyridine rings is 1. The molecule has 82 valence electrons. The zero-order valence-corrected chi connectivity index (χ0v) is 9.13. The van der Waals surface area contributed by atoms with Gasteiger partial charge in [-0.25, -0.2) is 0 Å². The summed E-state index contributed by atoms with van der Waals surface area (Å²) in [6, 6.07) is 14.3. The molecule has 1 heterocycles. The van der Waals surface area contributed by atoms with Crippen LogP contribution in [-0.2, 0) is 6.42 Å². The molecule has 2 rings (SSSR count). The van der Waals surface area contributed by atoms with Gasteiger partial charge in [-0.2, -0.15) is 0 Å². The molecule has 2 aromatic rings. The minimum absolute atomic E-state index is 0.252. The summed E-state index contributed by atoms with van der Waals surface area (Å²) < 4.78 is 0. The van der Waals surface area contributed by atoms with E-state index in [1.807, 2.05) is 18.2 Å². The molecule has 0 unspecified atom stereocenters. The van der Waals surface area contributed by atoms with E-state index in [2.05, 4.69) is 29.2 Å². The van der Waals surface area contributed by atoms with Gasteiger partial charge >= 0.3 is 0 Å². The minimum Gasteiger partial charge on any atom is -0.396 e. The summed E-state index contributed by atoms with van der Waals surface area (Å²) in [6.07, 6.45) is 3.55. The maximum atomic E-state index is 8.75. The standard InChI is InChI=1S/C14H15NO/c16-11-3-4-12-6-8-13(9-7-12)14-5-1-2-10-15-14/h1-2,5-10,16H,3-4,11H2. The van der Waals surface area contributed by atoms with Gasteiger partial charge in [0, 0.05) is 18.4 Å². The van der Waals surface area contributed by atoms with Crippen molar-refractivity contribution in [2.45, 2.75) is 12.8 Å². The quantitative estimate of drug-likeness (QED) is 0.847. The summed E-state index contributed by atoms with van der Waals surface area (Å²) in [6.45, 7) is 0.252. The van der Waals surface area contributed by atoms with Crippen LogP contribution < -0.4 is 0 Å². The Bertz CT molecular complexity index is 422. The summed E-state index contributed by atoms with van der Waals surface area (Å²) in [5, 5.41) is 8.75. The SMILES string of the molecule is OCCCc1ccc(-c2ccccn2)cc1. The van der Waals surface area contributed by atoms with Crippen molar-refractivity contribution in [3.05, 3.63) is 54.2 Å². The number of aliphatic hydroxyl groups excluding tert-OH is 1. The second-order valence-corrected chi connectivity index (χ2v) is 3.74. The number of aliphatic hydroxyl groups is 1. The van der Waals surface area contributed by atoms with Crippen molar-refractivity contribution in [3.63, 3.8) is 0 Å². The molecular weight excluding hydrogens is 198 g/mol. The summed E-state index contributed by atoms with van der Waals surface area (Å²) in [4.78, 5) is 4.30. The molecule has 0 aliphatic rings. The lowest BCUT2D eigenvalue weighted by molar-refractivity contribution is 0.288. The number of aryl methyl sites for hydroxylation is 1. The van der Waals surface area contributed by atoms with Crippen molar-refractivity contribution >= 4 is 0 Å². The molecule has 2 heteroatoms. The molecule has 0 atom stereocenters. The topological polar surface area (TPSA) is 33.1 Å². The smallest absolute Gasteiger partial charge is 0.0701 e. The molecule has 0 spiro atoms. The first-order chi connectivity index (χ1) is 7.90. The second-order valence-electron chi connectivity index (χ2n) is 3.74. The van der Waals surface area contributed by atoms with Crippen LogP contribution in [0.3, 0.4) is 0 Å². The average molecular weight is 213 g/mol. The van der Waals surface area contributed by atoms with Gasteiger partial charge in [-0.05, 0) is 30.5 Å². The molecule has 0 amide bonds. The van der Waals surface area contributed by atoms with Crippen molar-refractivity contribution in [2.24, 2.45) is 0 Å². The maximum absolute atomic E-state index is 8.75. The average Bonchev–Trinajstić information content (AvgIpc) is 2.38. The van der Waals surface area contributed by atoms with Crippen LogP contribution in [0.4, 0.5) is 0 Å². The lowest BCUT2D eigenvalue weighted by atomic mass is 10.1. The predicted octanol–water partition coefficient (Wildman–Crippen LogP) is 2.67. The first-order valence-electron chi connectivity index (χ1n) is 5.51. The molecule has 0 saturated carbocycles. The fourth-order valence-electron chi connectivity index (χ4n) is 1.66. The molecule has 16 heavy (non-hydrogen) atoms. The van der Waals surface area contributed by atoms with Crippen molar-refractivity contribution in [1.82, 2.24) is 4.98 Å². The number of aromatic nitrogens is 1. The molecule has 1 N–H and O–H groups in total.